The van der Waals surface area contributed by atoms with Gasteiger partial charge in [-0.05, 0) is 37.0 Å². The summed E-state index contributed by atoms with van der Waals surface area (Å²) in [4.78, 5) is 38.4. The van der Waals surface area contributed by atoms with E-state index in [1.165, 1.54) is 276 Å². The second kappa shape index (κ2) is 61.0. The molecule has 0 aromatic carbocycles. The molecule has 0 aliphatic rings. The molecule has 0 bridgehead atoms. The van der Waals surface area contributed by atoms with Gasteiger partial charge in [-0.3, -0.25) is 14.4 Å². The third-order valence-electron chi connectivity index (χ3n) is 16.5. The maximum absolute atomic E-state index is 12.9. The van der Waals surface area contributed by atoms with Gasteiger partial charge in [-0.15, -0.1) is 0 Å². The Morgan fingerprint density at radius 3 is 0.684 bits per heavy atom. The average molecular weight is 1070 g/mol. The van der Waals surface area contributed by atoms with Crippen LogP contribution in [-0.4, -0.2) is 37.2 Å². The largest absolute Gasteiger partial charge is 0.462 e. The van der Waals surface area contributed by atoms with E-state index in [0.717, 1.165) is 75.5 Å². The fourth-order valence-corrected chi connectivity index (χ4v) is 10.9. The first-order valence-electron chi connectivity index (χ1n) is 34.6. The van der Waals surface area contributed by atoms with Gasteiger partial charge in [0.25, 0.3) is 0 Å². The van der Waals surface area contributed by atoms with Crippen molar-refractivity contribution in [3.05, 3.63) is 0 Å². The topological polar surface area (TPSA) is 78.9 Å². The zero-order valence-electron chi connectivity index (χ0n) is 52.6. The van der Waals surface area contributed by atoms with Crippen LogP contribution in [0.5, 0.6) is 0 Å². The Kier molecular flexibility index (Phi) is 59.8. The molecule has 6 nitrogen and oxygen atoms in total. The summed E-state index contributed by atoms with van der Waals surface area (Å²) in [5.41, 5.74) is 0. The number of hydrogen-bond donors (Lipinski definition) is 0. The molecule has 0 aromatic heterocycles. The number of carbonyl (C=O) groups is 3. The molecule has 0 radical (unpaired) electrons. The Labute approximate surface area is 476 Å². The summed E-state index contributed by atoms with van der Waals surface area (Å²) in [6.07, 6.45) is 68.3. The van der Waals surface area contributed by atoms with Crippen molar-refractivity contribution >= 4 is 17.9 Å². The summed E-state index contributed by atoms with van der Waals surface area (Å²) in [5, 5.41) is 0. The number of carbonyl (C=O) groups excluding carboxylic acids is 3. The van der Waals surface area contributed by atoms with Gasteiger partial charge >= 0.3 is 17.9 Å². The number of unbranched alkanes of at least 4 members (excludes halogenated alkanes) is 45. The molecule has 0 aliphatic heterocycles. The fraction of sp³-hybridized carbons (Fsp3) is 0.957. The Hall–Kier alpha value is -1.59. The highest BCUT2D eigenvalue weighted by atomic mass is 16.6. The van der Waals surface area contributed by atoms with E-state index in [-0.39, 0.29) is 31.1 Å². The van der Waals surface area contributed by atoms with E-state index >= 15 is 0 Å². The van der Waals surface area contributed by atoms with Crippen LogP contribution in [0.1, 0.15) is 395 Å². The van der Waals surface area contributed by atoms with Crippen LogP contribution in [0.4, 0.5) is 0 Å². The van der Waals surface area contributed by atoms with Crippen molar-refractivity contribution in [2.75, 3.05) is 13.2 Å². The van der Waals surface area contributed by atoms with Crippen LogP contribution >= 0.6 is 0 Å². The summed E-state index contributed by atoms with van der Waals surface area (Å²) >= 11 is 0. The molecule has 0 amide bonds. The van der Waals surface area contributed by atoms with Crippen LogP contribution in [0.2, 0.25) is 0 Å². The lowest BCUT2D eigenvalue weighted by atomic mass is 9.99. The predicted molar refractivity (Wildman–Crippen MR) is 330 cm³/mol. The van der Waals surface area contributed by atoms with E-state index in [0.29, 0.717) is 19.3 Å². The van der Waals surface area contributed by atoms with Crippen LogP contribution in [0.25, 0.3) is 0 Å². The first-order chi connectivity index (χ1) is 37.1. The summed E-state index contributed by atoms with van der Waals surface area (Å²) < 4.78 is 17.0. The van der Waals surface area contributed by atoms with Crippen molar-refractivity contribution < 1.29 is 28.6 Å². The number of esters is 3. The molecule has 452 valence electrons. The van der Waals surface area contributed by atoms with Gasteiger partial charge in [0.05, 0.1) is 0 Å². The lowest BCUT2D eigenvalue weighted by molar-refractivity contribution is -0.167. The van der Waals surface area contributed by atoms with Crippen LogP contribution < -0.4 is 0 Å². The Morgan fingerprint density at radius 1 is 0.263 bits per heavy atom. The molecule has 2 atom stereocenters. The second-order valence-corrected chi connectivity index (χ2v) is 25.4. The van der Waals surface area contributed by atoms with Crippen LogP contribution in [0.15, 0.2) is 0 Å². The molecule has 0 saturated carbocycles. The maximum Gasteiger partial charge on any atom is 0.306 e. The molecule has 0 spiro atoms. The number of ether oxygens (including phenoxy) is 3. The Balaban J connectivity index is 4.26. The maximum atomic E-state index is 12.9. The highest BCUT2D eigenvalue weighted by Gasteiger charge is 2.20. The quantitative estimate of drug-likeness (QED) is 0.0343. The highest BCUT2D eigenvalue weighted by Crippen LogP contribution is 2.20. The van der Waals surface area contributed by atoms with E-state index in [2.05, 4.69) is 41.5 Å². The van der Waals surface area contributed by atoms with Crippen molar-refractivity contribution in [3.8, 4) is 0 Å². The van der Waals surface area contributed by atoms with Gasteiger partial charge in [0.15, 0.2) is 6.10 Å². The third-order valence-corrected chi connectivity index (χ3v) is 16.5. The first kappa shape index (κ1) is 74.4. The molecule has 0 aromatic rings. The van der Waals surface area contributed by atoms with Crippen LogP contribution in [-0.2, 0) is 28.6 Å². The van der Waals surface area contributed by atoms with Gasteiger partial charge in [-0.2, -0.15) is 0 Å². The Morgan fingerprint density at radius 2 is 0.461 bits per heavy atom. The molecule has 0 saturated heterocycles. The van der Waals surface area contributed by atoms with Gasteiger partial charge in [0.2, 0.25) is 0 Å². The number of rotatable bonds is 63. The Bertz CT molecular complexity index is 1180. The van der Waals surface area contributed by atoms with Crippen LogP contribution in [0, 0.1) is 17.8 Å². The summed E-state index contributed by atoms with van der Waals surface area (Å²) in [7, 11) is 0. The summed E-state index contributed by atoms with van der Waals surface area (Å²) in [6.45, 7) is 13.9. The smallest absolute Gasteiger partial charge is 0.306 e. The van der Waals surface area contributed by atoms with Crippen molar-refractivity contribution in [1.29, 1.82) is 0 Å². The SMILES string of the molecule is CCC(C)CCCCCCCCCCCCCCCCCCCCC(=O)OC[C@@H](COC(=O)CCCCCCCCCCCCCCC(C)C)OC(=O)CCCCCCCCCCCCCCCCCCCCC(C)C. The molecule has 0 N–H and O–H groups in total. The zero-order chi connectivity index (χ0) is 55.5. The summed E-state index contributed by atoms with van der Waals surface area (Å²) in [6, 6.07) is 0. The van der Waals surface area contributed by atoms with Crippen molar-refractivity contribution in [1.82, 2.24) is 0 Å². The molecule has 0 rings (SSSR count). The minimum Gasteiger partial charge on any atom is -0.462 e. The van der Waals surface area contributed by atoms with Crippen molar-refractivity contribution in [2.24, 2.45) is 17.8 Å². The lowest BCUT2D eigenvalue weighted by Gasteiger charge is -2.18. The standard InChI is InChI=1S/C70H136O6/c1-7-66(6)58-52-46-40-34-28-21-17-13-9-11-14-18-22-29-35-41-47-53-59-68(71)74-62-67(63-75-69(72)60-54-48-42-36-30-25-24-27-33-39-45-51-57-65(4)5)76-70(73)61-55-49-43-37-31-23-19-15-10-8-12-16-20-26-32-38-44-50-56-64(2)3/h64-67H,7-63H2,1-6H3/t66?,67-/m0/s1. The summed E-state index contributed by atoms with van der Waals surface area (Å²) in [5.74, 6) is 1.77. The molecular formula is C70H136O6. The van der Waals surface area contributed by atoms with Crippen molar-refractivity contribution in [2.45, 2.75) is 401 Å². The molecule has 6 heteroatoms. The van der Waals surface area contributed by atoms with Gasteiger partial charge in [-0.1, -0.05) is 356 Å². The first-order valence-corrected chi connectivity index (χ1v) is 34.6. The fourth-order valence-electron chi connectivity index (χ4n) is 10.9. The monoisotopic (exact) mass is 1070 g/mol. The normalized spacial score (nSPS) is 12.5. The van der Waals surface area contributed by atoms with E-state index in [1.807, 2.05) is 0 Å². The molecule has 0 fully saturated rings. The molecule has 0 aliphatic carbocycles. The molecule has 1 unspecified atom stereocenters. The minimum atomic E-state index is -0.765. The third kappa shape index (κ3) is 61.6. The second-order valence-electron chi connectivity index (χ2n) is 25.4. The van der Waals surface area contributed by atoms with Crippen molar-refractivity contribution in [3.63, 3.8) is 0 Å². The van der Waals surface area contributed by atoms with E-state index in [1.54, 1.807) is 0 Å². The zero-order valence-corrected chi connectivity index (χ0v) is 52.6. The van der Waals surface area contributed by atoms with E-state index in [9.17, 15) is 14.4 Å². The lowest BCUT2D eigenvalue weighted by Crippen LogP contribution is -2.30. The predicted octanol–water partition coefficient (Wildman–Crippen LogP) is 23.4. The number of hydrogen-bond acceptors (Lipinski definition) is 6. The molecule has 76 heavy (non-hydrogen) atoms. The average Bonchev–Trinajstić information content (AvgIpc) is 3.40. The van der Waals surface area contributed by atoms with Gasteiger partial charge < -0.3 is 14.2 Å². The minimum absolute atomic E-state index is 0.0620. The molecule has 0 heterocycles. The highest BCUT2D eigenvalue weighted by molar-refractivity contribution is 5.71. The van der Waals surface area contributed by atoms with Gasteiger partial charge in [0.1, 0.15) is 13.2 Å². The van der Waals surface area contributed by atoms with Crippen LogP contribution in [0.3, 0.4) is 0 Å². The van der Waals surface area contributed by atoms with Gasteiger partial charge in [-0.25, -0.2) is 0 Å². The van der Waals surface area contributed by atoms with E-state index in [4.69, 9.17) is 14.2 Å². The van der Waals surface area contributed by atoms with E-state index < -0.39 is 6.10 Å². The van der Waals surface area contributed by atoms with Gasteiger partial charge in [0, 0.05) is 19.3 Å². The molecular weight excluding hydrogens is 937 g/mol.